The molecule has 0 fully saturated rings. The lowest BCUT2D eigenvalue weighted by Gasteiger charge is -2.36. The molecule has 5 rings (SSSR count). The second-order valence-electron chi connectivity index (χ2n) is 12.1. The van der Waals surface area contributed by atoms with Crippen molar-refractivity contribution in [1.82, 2.24) is 24.2 Å². The van der Waals surface area contributed by atoms with E-state index in [2.05, 4.69) is 59.3 Å². The molecule has 2 aromatic heterocycles. The van der Waals surface area contributed by atoms with E-state index in [1.54, 1.807) is 20.4 Å². The van der Waals surface area contributed by atoms with E-state index in [0.717, 1.165) is 28.2 Å². The van der Waals surface area contributed by atoms with Crippen molar-refractivity contribution in [3.63, 3.8) is 0 Å². The highest BCUT2D eigenvalue weighted by atomic mass is 31.2. The number of fused-ring (bicyclic) bond motifs is 1. The second kappa shape index (κ2) is 17.5. The molecule has 11 nitrogen and oxygen atoms in total. The van der Waals surface area contributed by atoms with Crippen LogP contribution in [0.15, 0.2) is 91.4 Å². The van der Waals surface area contributed by atoms with Gasteiger partial charge >= 0.3 is 0 Å². The predicted molar refractivity (Wildman–Crippen MR) is 195 cm³/mol. The van der Waals surface area contributed by atoms with Crippen LogP contribution in [-0.4, -0.2) is 70.3 Å². The van der Waals surface area contributed by atoms with E-state index in [4.69, 9.17) is 34.8 Å². The molecule has 5 aromatic rings. The van der Waals surface area contributed by atoms with Gasteiger partial charge in [0.05, 0.1) is 27.0 Å². The molecule has 2 heterocycles. The van der Waals surface area contributed by atoms with Crippen molar-refractivity contribution < 1.29 is 23.3 Å². The van der Waals surface area contributed by atoms with Crippen LogP contribution in [0.2, 0.25) is 0 Å². The van der Waals surface area contributed by atoms with Crippen LogP contribution in [0.5, 0.6) is 11.5 Å². The van der Waals surface area contributed by atoms with Crippen molar-refractivity contribution in [2.24, 2.45) is 0 Å². The third kappa shape index (κ3) is 8.29. The lowest BCUT2D eigenvalue weighted by Crippen LogP contribution is -2.34. The molecule has 0 aliphatic heterocycles. The summed E-state index contributed by atoms with van der Waals surface area (Å²) in [6.07, 6.45) is 3.23. The molecular weight excluding hydrogens is 651 g/mol. The second-order valence-corrected chi connectivity index (χ2v) is 13.5. The third-order valence-electron chi connectivity index (χ3n) is 8.25. The smallest absolute Gasteiger partial charge is 0.259 e. The van der Waals surface area contributed by atoms with Gasteiger partial charge in [0.15, 0.2) is 5.65 Å². The molecule has 12 heteroatoms. The molecule has 0 amide bonds. The maximum absolute atomic E-state index is 7.19. The van der Waals surface area contributed by atoms with Crippen LogP contribution in [0.1, 0.15) is 50.2 Å². The lowest BCUT2D eigenvalue weighted by atomic mass is 9.80. The molecule has 0 aliphatic rings. The van der Waals surface area contributed by atoms with Gasteiger partial charge in [0.2, 0.25) is 6.54 Å². The molecule has 0 spiro atoms. The van der Waals surface area contributed by atoms with Crippen LogP contribution in [0.25, 0.3) is 16.0 Å². The number of methoxy groups -OCH3 is 2. The summed E-state index contributed by atoms with van der Waals surface area (Å²) in [7, 11) is 1.91. The van der Waals surface area contributed by atoms with Gasteiger partial charge in [0.25, 0.3) is 8.53 Å². The van der Waals surface area contributed by atoms with Crippen LogP contribution in [0.4, 0.5) is 0 Å². The van der Waals surface area contributed by atoms with Crippen molar-refractivity contribution in [2.45, 2.75) is 58.5 Å². The molecule has 0 radical (unpaired) electrons. The monoisotopic (exact) mass is 696 g/mol. The first kappa shape index (κ1) is 36.8. The number of ether oxygens (including phenoxy) is 3. The van der Waals surface area contributed by atoms with E-state index >= 15 is 0 Å². The third-order valence-corrected chi connectivity index (χ3v) is 10.4. The summed E-state index contributed by atoms with van der Waals surface area (Å²) in [5.74, 6) is 2.17. The van der Waals surface area contributed by atoms with Crippen LogP contribution < -0.4 is 9.47 Å². The maximum atomic E-state index is 7.19. The number of aromatic nitrogens is 4. The Kier molecular flexibility index (Phi) is 12.9. The molecule has 50 heavy (non-hydrogen) atoms. The number of hydrogen-bond acceptors (Lipinski definition) is 9. The Morgan fingerprint density at radius 3 is 1.96 bits per heavy atom. The Morgan fingerprint density at radius 1 is 0.820 bits per heavy atom. The topological polar surface area (TPSA) is 97.4 Å². The van der Waals surface area contributed by atoms with Gasteiger partial charge in [-0.3, -0.25) is 0 Å². The van der Waals surface area contributed by atoms with E-state index in [1.807, 2.05) is 71.3 Å². The van der Waals surface area contributed by atoms with Crippen LogP contribution in [0.3, 0.4) is 0 Å². The fourth-order valence-electron chi connectivity index (χ4n) is 6.04. The molecule has 1 unspecified atom stereocenters. The first-order chi connectivity index (χ1) is 24.3. The molecular formula is C38H45N6O5P. The zero-order valence-electron chi connectivity index (χ0n) is 29.5. The standard InChI is InChI=1S/C38H45N6O5P/c1-28(2)44(29(3)4)50(48-23-21-39-5)49-24-22-43-36(42-35-25-40-27-41-37(35)43)26-47-38(30-11-9-8-10-12-30,31-13-17-33(45-6)18-14-31)32-15-19-34(46-7)20-16-32/h8-20,25,27-29H,21-24,26H2,1-4,6-7H3. The van der Waals surface area contributed by atoms with Gasteiger partial charge in [0, 0.05) is 18.6 Å². The lowest BCUT2D eigenvalue weighted by molar-refractivity contribution is -0.00456. The number of nitrogens with zero attached hydrogens (tertiary/aromatic N) is 6. The minimum Gasteiger partial charge on any atom is -0.497 e. The normalized spacial score (nSPS) is 12.5. The molecule has 0 aliphatic carbocycles. The Bertz CT molecular complexity index is 1770. The van der Waals surface area contributed by atoms with Crippen molar-refractivity contribution in [2.75, 3.05) is 34.0 Å². The highest BCUT2D eigenvalue weighted by molar-refractivity contribution is 7.44. The van der Waals surface area contributed by atoms with E-state index in [9.17, 15) is 0 Å². The summed E-state index contributed by atoms with van der Waals surface area (Å²) >= 11 is 0. The van der Waals surface area contributed by atoms with Gasteiger partial charge in [-0.15, -0.1) is 0 Å². The largest absolute Gasteiger partial charge is 0.497 e. The van der Waals surface area contributed by atoms with Gasteiger partial charge in [-0.1, -0.05) is 54.6 Å². The highest BCUT2D eigenvalue weighted by Gasteiger charge is 2.38. The number of imidazole rings is 1. The molecule has 262 valence electrons. The summed E-state index contributed by atoms with van der Waals surface area (Å²) in [4.78, 5) is 17.2. The Balaban J connectivity index is 1.52. The quantitative estimate of drug-likeness (QED) is 0.0396. The average Bonchev–Trinajstić information content (AvgIpc) is 3.49. The van der Waals surface area contributed by atoms with E-state index in [0.29, 0.717) is 36.7 Å². The zero-order chi connectivity index (χ0) is 35.5. The Labute approximate surface area is 295 Å². The fraction of sp³-hybridized carbons (Fsp3) is 0.368. The Morgan fingerprint density at radius 2 is 1.40 bits per heavy atom. The summed E-state index contributed by atoms with van der Waals surface area (Å²) in [5.41, 5.74) is 3.11. The molecule has 0 saturated heterocycles. The van der Waals surface area contributed by atoms with Gasteiger partial charge in [-0.05, 0) is 68.7 Å². The molecule has 3 aromatic carbocycles. The molecule has 1 atom stereocenters. The minimum atomic E-state index is -1.40. The van der Waals surface area contributed by atoms with Crippen LogP contribution in [0, 0.1) is 6.57 Å². The SMILES string of the molecule is [C-]#[N+]CCOP(OCCn1c(COC(c2ccccc2)(c2ccc(OC)cc2)c2ccc(OC)cc2)nc2cncnc21)N(C(C)C)C(C)C. The fourth-order valence-corrected chi connectivity index (χ4v) is 7.61. The zero-order valence-corrected chi connectivity index (χ0v) is 30.4. The van der Waals surface area contributed by atoms with E-state index in [-0.39, 0.29) is 25.2 Å². The van der Waals surface area contributed by atoms with Gasteiger partial charge in [0.1, 0.15) is 48.0 Å². The van der Waals surface area contributed by atoms with Crippen molar-refractivity contribution >= 4 is 19.7 Å². The summed E-state index contributed by atoms with van der Waals surface area (Å²) in [6, 6.07) is 26.5. The first-order valence-electron chi connectivity index (χ1n) is 16.6. The number of hydrogen-bond donors (Lipinski definition) is 0. The summed E-state index contributed by atoms with van der Waals surface area (Å²) in [6.45, 7) is 17.2. The predicted octanol–water partition coefficient (Wildman–Crippen LogP) is 7.65. The van der Waals surface area contributed by atoms with Crippen molar-refractivity contribution in [1.29, 1.82) is 0 Å². The van der Waals surface area contributed by atoms with Crippen molar-refractivity contribution in [3.8, 4) is 11.5 Å². The first-order valence-corrected chi connectivity index (χ1v) is 17.8. The van der Waals surface area contributed by atoms with Crippen LogP contribution in [-0.2, 0) is 32.5 Å². The molecule has 0 bridgehead atoms. The number of rotatable bonds is 18. The van der Waals surface area contributed by atoms with Crippen molar-refractivity contribution in [3.05, 3.63) is 125 Å². The summed E-state index contributed by atoms with van der Waals surface area (Å²) < 4.78 is 35.0. The Hall–Kier alpha value is -4.43. The van der Waals surface area contributed by atoms with E-state index < -0.39 is 14.1 Å². The van der Waals surface area contributed by atoms with Gasteiger partial charge in [-0.25, -0.2) is 26.2 Å². The average molecular weight is 697 g/mol. The van der Waals surface area contributed by atoms with Gasteiger partial charge in [-0.2, -0.15) is 0 Å². The summed E-state index contributed by atoms with van der Waals surface area (Å²) in [5, 5.41) is 0. The molecule has 0 N–H and O–H groups in total. The highest BCUT2D eigenvalue weighted by Crippen LogP contribution is 2.46. The van der Waals surface area contributed by atoms with Crippen LogP contribution >= 0.6 is 8.53 Å². The maximum Gasteiger partial charge on any atom is 0.259 e. The minimum absolute atomic E-state index is 0.143. The van der Waals surface area contributed by atoms with Gasteiger partial charge < -0.3 is 32.7 Å². The molecule has 0 saturated carbocycles. The van der Waals surface area contributed by atoms with E-state index in [1.165, 1.54) is 6.33 Å². The number of benzene rings is 3.